The molecule has 0 saturated heterocycles. The van der Waals surface area contributed by atoms with Crippen molar-refractivity contribution >= 4 is 0 Å². The SMILES string of the molecule is CC1CCCCC1C(C1CCCCC1C)C1CCCCC1C. The Bertz CT molecular complexity index is 281. The summed E-state index contributed by atoms with van der Waals surface area (Å²) in [5.74, 6) is 7.26. The van der Waals surface area contributed by atoms with Crippen molar-refractivity contribution in [1.29, 1.82) is 0 Å². The van der Waals surface area contributed by atoms with Gasteiger partial charge in [0.1, 0.15) is 0 Å². The average Bonchev–Trinajstić information content (AvgIpc) is 2.53. The van der Waals surface area contributed by atoms with E-state index in [4.69, 9.17) is 0 Å². The van der Waals surface area contributed by atoms with Gasteiger partial charge in [-0.3, -0.25) is 0 Å². The van der Waals surface area contributed by atoms with Crippen molar-refractivity contribution in [3.05, 3.63) is 0 Å². The third-order valence-corrected chi connectivity index (χ3v) is 8.02. The van der Waals surface area contributed by atoms with Crippen molar-refractivity contribution < 1.29 is 0 Å². The second kappa shape index (κ2) is 7.71. The Morgan fingerprint density at radius 1 is 0.455 bits per heavy atom. The predicted molar refractivity (Wildman–Crippen MR) is 96.9 cm³/mol. The molecule has 6 atom stereocenters. The molecule has 0 aliphatic heterocycles. The second-order valence-electron chi connectivity index (χ2n) is 9.35. The van der Waals surface area contributed by atoms with Gasteiger partial charge in [-0.25, -0.2) is 0 Å². The van der Waals surface area contributed by atoms with Crippen molar-refractivity contribution in [2.24, 2.45) is 41.4 Å². The van der Waals surface area contributed by atoms with Crippen LogP contribution in [0.1, 0.15) is 97.8 Å². The first-order valence-electron chi connectivity index (χ1n) is 10.7. The van der Waals surface area contributed by atoms with Crippen LogP contribution in [-0.2, 0) is 0 Å². The van der Waals surface area contributed by atoms with Gasteiger partial charge >= 0.3 is 0 Å². The Morgan fingerprint density at radius 3 is 1.00 bits per heavy atom. The lowest BCUT2D eigenvalue weighted by molar-refractivity contribution is -0.00260. The summed E-state index contributed by atoms with van der Waals surface area (Å²) in [6.45, 7) is 7.79. The number of hydrogen-bond acceptors (Lipinski definition) is 0. The zero-order valence-electron chi connectivity index (χ0n) is 15.5. The summed E-state index contributed by atoms with van der Waals surface area (Å²) < 4.78 is 0. The quantitative estimate of drug-likeness (QED) is 0.522. The minimum absolute atomic E-state index is 1.00. The van der Waals surface area contributed by atoms with E-state index < -0.39 is 0 Å². The van der Waals surface area contributed by atoms with Gasteiger partial charge in [0.25, 0.3) is 0 Å². The molecular weight excluding hydrogens is 264 g/mol. The molecule has 0 nitrogen and oxygen atoms in total. The van der Waals surface area contributed by atoms with Gasteiger partial charge in [0.15, 0.2) is 0 Å². The fourth-order valence-corrected chi connectivity index (χ4v) is 6.70. The molecule has 0 aromatic heterocycles. The lowest BCUT2D eigenvalue weighted by atomic mass is 9.56. The Labute approximate surface area is 139 Å². The van der Waals surface area contributed by atoms with Gasteiger partial charge in [0.2, 0.25) is 0 Å². The highest BCUT2D eigenvalue weighted by molar-refractivity contribution is 4.92. The molecular formula is C22H40. The molecule has 0 spiro atoms. The lowest BCUT2D eigenvalue weighted by Crippen LogP contribution is -2.42. The van der Waals surface area contributed by atoms with E-state index in [0.717, 1.165) is 41.4 Å². The second-order valence-corrected chi connectivity index (χ2v) is 9.35. The van der Waals surface area contributed by atoms with Crippen molar-refractivity contribution in [3.63, 3.8) is 0 Å². The van der Waals surface area contributed by atoms with E-state index in [1.165, 1.54) is 57.8 Å². The van der Waals surface area contributed by atoms with Crippen LogP contribution in [0.15, 0.2) is 0 Å². The molecule has 3 fully saturated rings. The van der Waals surface area contributed by atoms with Crippen molar-refractivity contribution in [2.45, 2.75) is 97.8 Å². The normalized spacial score (nSPS) is 45.4. The Hall–Kier alpha value is 0. The van der Waals surface area contributed by atoms with E-state index >= 15 is 0 Å². The van der Waals surface area contributed by atoms with E-state index in [-0.39, 0.29) is 0 Å². The fraction of sp³-hybridized carbons (Fsp3) is 1.00. The average molecular weight is 305 g/mol. The molecule has 0 aromatic carbocycles. The van der Waals surface area contributed by atoms with Crippen molar-refractivity contribution in [3.8, 4) is 0 Å². The van der Waals surface area contributed by atoms with Gasteiger partial charge in [-0.2, -0.15) is 0 Å². The van der Waals surface area contributed by atoms with Crippen LogP contribution in [-0.4, -0.2) is 0 Å². The first kappa shape index (κ1) is 16.8. The largest absolute Gasteiger partial charge is 0.0622 e. The molecule has 3 aliphatic carbocycles. The van der Waals surface area contributed by atoms with E-state index in [1.807, 2.05) is 0 Å². The molecule has 6 unspecified atom stereocenters. The molecule has 0 N–H and O–H groups in total. The molecule has 3 rings (SSSR count). The Balaban J connectivity index is 1.83. The topological polar surface area (TPSA) is 0 Å². The summed E-state index contributed by atoms with van der Waals surface area (Å²) in [6, 6.07) is 0. The van der Waals surface area contributed by atoms with Crippen LogP contribution in [0.4, 0.5) is 0 Å². The summed E-state index contributed by atoms with van der Waals surface area (Å²) >= 11 is 0. The molecule has 0 bridgehead atoms. The maximum atomic E-state index is 2.60. The van der Waals surface area contributed by atoms with Gasteiger partial charge in [-0.1, -0.05) is 78.6 Å². The highest BCUT2D eigenvalue weighted by atomic mass is 14.5. The monoisotopic (exact) mass is 304 g/mol. The van der Waals surface area contributed by atoms with Crippen LogP contribution in [0.25, 0.3) is 0 Å². The third kappa shape index (κ3) is 3.57. The molecule has 0 radical (unpaired) electrons. The molecule has 22 heavy (non-hydrogen) atoms. The van der Waals surface area contributed by atoms with E-state index in [0.29, 0.717) is 0 Å². The molecule has 0 heterocycles. The van der Waals surface area contributed by atoms with Gasteiger partial charge in [-0.05, 0) is 60.7 Å². The van der Waals surface area contributed by atoms with Gasteiger partial charge in [0, 0.05) is 0 Å². The third-order valence-electron chi connectivity index (χ3n) is 8.02. The van der Waals surface area contributed by atoms with E-state index in [1.54, 1.807) is 19.3 Å². The van der Waals surface area contributed by atoms with Gasteiger partial charge < -0.3 is 0 Å². The zero-order valence-corrected chi connectivity index (χ0v) is 15.5. The standard InChI is InChI=1S/C22H40/c1-16-10-4-7-13-19(16)22(20-14-8-5-11-17(20)2)21-15-9-6-12-18(21)3/h16-22H,4-15H2,1-3H3. The summed E-state index contributed by atoms with van der Waals surface area (Å²) in [4.78, 5) is 0. The number of hydrogen-bond donors (Lipinski definition) is 0. The molecule has 3 saturated carbocycles. The van der Waals surface area contributed by atoms with Gasteiger partial charge in [0.05, 0.1) is 0 Å². The highest BCUT2D eigenvalue weighted by Gasteiger charge is 2.43. The Kier molecular flexibility index (Phi) is 5.91. The van der Waals surface area contributed by atoms with Gasteiger partial charge in [-0.15, -0.1) is 0 Å². The highest BCUT2D eigenvalue weighted by Crippen LogP contribution is 2.51. The Morgan fingerprint density at radius 2 is 0.727 bits per heavy atom. The van der Waals surface area contributed by atoms with Crippen LogP contribution < -0.4 is 0 Å². The predicted octanol–water partition coefficient (Wildman–Crippen LogP) is 7.08. The fourth-order valence-electron chi connectivity index (χ4n) is 6.70. The van der Waals surface area contributed by atoms with Crippen LogP contribution in [0, 0.1) is 41.4 Å². The molecule has 0 heteroatoms. The maximum Gasteiger partial charge on any atom is -0.0321 e. The van der Waals surface area contributed by atoms with Crippen LogP contribution in [0.3, 0.4) is 0 Å². The van der Waals surface area contributed by atoms with Crippen LogP contribution in [0.5, 0.6) is 0 Å². The lowest BCUT2D eigenvalue weighted by Gasteiger charge is -2.49. The number of rotatable bonds is 3. The maximum absolute atomic E-state index is 2.60. The summed E-state index contributed by atoms with van der Waals surface area (Å²) in [5, 5.41) is 0. The van der Waals surface area contributed by atoms with Crippen molar-refractivity contribution in [1.82, 2.24) is 0 Å². The van der Waals surface area contributed by atoms with E-state index in [2.05, 4.69) is 20.8 Å². The van der Waals surface area contributed by atoms with Crippen LogP contribution >= 0.6 is 0 Å². The first-order chi connectivity index (χ1) is 10.7. The molecule has 3 aliphatic rings. The minimum atomic E-state index is 1.00. The molecule has 0 amide bonds. The summed E-state index contributed by atoms with van der Waals surface area (Å²) in [5.41, 5.74) is 0. The summed E-state index contributed by atoms with van der Waals surface area (Å²) in [6.07, 6.45) is 18.3. The molecule has 128 valence electrons. The smallest absolute Gasteiger partial charge is 0.0321 e. The first-order valence-corrected chi connectivity index (χ1v) is 10.7. The van der Waals surface area contributed by atoms with Crippen molar-refractivity contribution in [2.75, 3.05) is 0 Å². The molecule has 0 aromatic rings. The minimum Gasteiger partial charge on any atom is -0.0622 e. The summed E-state index contributed by atoms with van der Waals surface area (Å²) in [7, 11) is 0. The zero-order chi connectivity index (χ0) is 15.5. The van der Waals surface area contributed by atoms with Crippen LogP contribution in [0.2, 0.25) is 0 Å². The van der Waals surface area contributed by atoms with E-state index in [9.17, 15) is 0 Å².